The van der Waals surface area contributed by atoms with E-state index in [0.29, 0.717) is 5.92 Å². The van der Waals surface area contributed by atoms with Crippen LogP contribution in [-0.2, 0) is 5.41 Å². The molecule has 0 amide bonds. The van der Waals surface area contributed by atoms with E-state index in [1.165, 1.54) is 81.6 Å². The van der Waals surface area contributed by atoms with E-state index >= 15 is 0 Å². The Morgan fingerprint density at radius 3 is 2.00 bits per heavy atom. The van der Waals surface area contributed by atoms with Gasteiger partial charge in [0.05, 0.1) is 17.0 Å². The van der Waals surface area contributed by atoms with Crippen molar-refractivity contribution in [3.63, 3.8) is 0 Å². The summed E-state index contributed by atoms with van der Waals surface area (Å²) >= 11 is 2.57. The number of halogens is 1. The Hall–Kier alpha value is -6.17. The lowest BCUT2D eigenvalue weighted by atomic mass is 9.67. The SMILES string of the molecule is Cc1c(/C=C(\I)C2=CC3C(C=C2)c2ccccc2N3c2ccccc2)c2ccccc2n1-c1cccc(C2(c3ccccc3)c3ccccc3-c3ccccc32)c1. The van der Waals surface area contributed by atoms with Crippen molar-refractivity contribution in [2.45, 2.75) is 24.3 Å². The van der Waals surface area contributed by atoms with Crippen molar-refractivity contribution in [1.29, 1.82) is 0 Å². The van der Waals surface area contributed by atoms with Crippen molar-refractivity contribution < 1.29 is 0 Å². The fourth-order valence-electron chi connectivity index (χ4n) is 10.1. The van der Waals surface area contributed by atoms with Crippen LogP contribution in [0.4, 0.5) is 11.4 Å². The predicted molar refractivity (Wildman–Crippen MR) is 246 cm³/mol. The third-order valence-electron chi connectivity index (χ3n) is 12.5. The zero-order valence-corrected chi connectivity index (χ0v) is 33.7. The Bertz CT molecular complexity index is 2900. The Labute approximate surface area is 347 Å². The summed E-state index contributed by atoms with van der Waals surface area (Å²) in [6.07, 6.45) is 9.63. The number of anilines is 2. The molecule has 2 nitrogen and oxygen atoms in total. The Balaban J connectivity index is 1.04. The molecule has 0 bridgehead atoms. The Morgan fingerprint density at radius 2 is 1.23 bits per heavy atom. The van der Waals surface area contributed by atoms with E-state index in [1.54, 1.807) is 0 Å². The Kier molecular flexibility index (Phi) is 8.08. The molecule has 0 N–H and O–H groups in total. The smallest absolute Gasteiger partial charge is 0.0714 e. The molecule has 1 aliphatic heterocycles. The summed E-state index contributed by atoms with van der Waals surface area (Å²) < 4.78 is 3.69. The first-order valence-corrected chi connectivity index (χ1v) is 20.9. The van der Waals surface area contributed by atoms with E-state index in [1.807, 2.05) is 0 Å². The minimum Gasteiger partial charge on any atom is -0.333 e. The zero-order chi connectivity index (χ0) is 38.1. The molecule has 272 valence electrons. The molecule has 3 heteroatoms. The second-order valence-corrected chi connectivity index (χ2v) is 16.5. The standard InChI is InChI=1S/C54H39IN2/c1-36-47(35-50(55)37-31-32-46-44-25-10-15-30-52(44)57(53(46)33-37)40-20-6-3-7-21-40)45-26-11-14-29-51(45)56(36)41-22-16-19-39(34-41)54(38-17-4-2-5-18-38)48-27-12-8-23-42(48)43-24-9-13-28-49(43)54/h2-35,46,53H,1H3/b50-35-. The molecule has 2 aliphatic carbocycles. The van der Waals surface area contributed by atoms with Gasteiger partial charge in [0.2, 0.25) is 0 Å². The number of rotatable bonds is 6. The molecule has 7 aromatic carbocycles. The van der Waals surface area contributed by atoms with Crippen molar-refractivity contribution in [1.82, 2.24) is 4.57 Å². The molecule has 0 fully saturated rings. The molecule has 0 radical (unpaired) electrons. The number of aromatic nitrogens is 1. The number of fused-ring (bicyclic) bond motifs is 7. The highest BCUT2D eigenvalue weighted by atomic mass is 127. The number of hydrogen-bond acceptors (Lipinski definition) is 1. The normalized spacial score (nSPS) is 17.5. The molecule has 2 heterocycles. The lowest BCUT2D eigenvalue weighted by Gasteiger charge is -2.34. The largest absolute Gasteiger partial charge is 0.333 e. The minimum atomic E-state index is -0.454. The van der Waals surface area contributed by atoms with Crippen LogP contribution in [0, 0.1) is 6.92 Å². The average molecular weight is 843 g/mol. The molecule has 11 rings (SSSR count). The van der Waals surface area contributed by atoms with Crippen LogP contribution >= 0.6 is 22.6 Å². The number of benzene rings is 7. The molecule has 0 saturated heterocycles. The lowest BCUT2D eigenvalue weighted by molar-refractivity contribution is 0.740. The second kappa shape index (κ2) is 13.5. The number of allylic oxidation sites excluding steroid dienone is 3. The van der Waals surface area contributed by atoms with Crippen molar-refractivity contribution in [3.8, 4) is 16.8 Å². The third-order valence-corrected chi connectivity index (χ3v) is 13.4. The minimum absolute atomic E-state index is 0.205. The fourth-order valence-corrected chi connectivity index (χ4v) is 10.8. The molecule has 3 aliphatic rings. The highest BCUT2D eigenvalue weighted by molar-refractivity contribution is 14.1. The zero-order valence-electron chi connectivity index (χ0n) is 31.6. The molecule has 8 aromatic rings. The van der Waals surface area contributed by atoms with Crippen LogP contribution in [0.5, 0.6) is 0 Å². The summed E-state index contributed by atoms with van der Waals surface area (Å²) in [4.78, 5) is 2.51. The van der Waals surface area contributed by atoms with Crippen LogP contribution in [0.2, 0.25) is 0 Å². The van der Waals surface area contributed by atoms with Gasteiger partial charge in [-0.2, -0.15) is 0 Å². The number of nitrogens with zero attached hydrogens (tertiary/aromatic N) is 2. The van der Waals surface area contributed by atoms with Crippen molar-refractivity contribution in [2.75, 3.05) is 4.90 Å². The van der Waals surface area contributed by atoms with Gasteiger partial charge in [0.1, 0.15) is 0 Å². The van der Waals surface area contributed by atoms with Crippen molar-refractivity contribution in [2.24, 2.45) is 0 Å². The van der Waals surface area contributed by atoms with Gasteiger partial charge in [-0.15, -0.1) is 0 Å². The van der Waals surface area contributed by atoms with E-state index in [2.05, 4.69) is 245 Å². The lowest BCUT2D eigenvalue weighted by Crippen LogP contribution is -2.29. The maximum absolute atomic E-state index is 2.57. The van der Waals surface area contributed by atoms with Gasteiger partial charge in [-0.1, -0.05) is 164 Å². The van der Waals surface area contributed by atoms with Crippen molar-refractivity contribution >= 4 is 50.9 Å². The van der Waals surface area contributed by atoms with E-state index in [9.17, 15) is 0 Å². The number of hydrogen-bond donors (Lipinski definition) is 0. The summed E-state index contributed by atoms with van der Waals surface area (Å²) in [6, 6.07) is 67.1. The quantitative estimate of drug-likeness (QED) is 0.151. The molecule has 0 spiro atoms. The third kappa shape index (κ3) is 5.15. The first-order chi connectivity index (χ1) is 28.1. The topological polar surface area (TPSA) is 8.17 Å². The van der Waals surface area contributed by atoms with E-state index in [-0.39, 0.29) is 6.04 Å². The molecule has 57 heavy (non-hydrogen) atoms. The first-order valence-electron chi connectivity index (χ1n) is 19.8. The highest BCUT2D eigenvalue weighted by Crippen LogP contribution is 2.56. The maximum Gasteiger partial charge on any atom is 0.0714 e. The van der Waals surface area contributed by atoms with Gasteiger partial charge < -0.3 is 9.47 Å². The van der Waals surface area contributed by atoms with Crippen LogP contribution < -0.4 is 4.90 Å². The van der Waals surface area contributed by atoms with Gasteiger partial charge in [-0.3, -0.25) is 0 Å². The summed E-state index contributed by atoms with van der Waals surface area (Å²) in [5, 5.41) is 1.25. The van der Waals surface area contributed by atoms with Crippen LogP contribution in [-0.4, -0.2) is 10.6 Å². The van der Waals surface area contributed by atoms with E-state index < -0.39 is 5.41 Å². The van der Waals surface area contributed by atoms with Gasteiger partial charge in [0, 0.05) is 43.2 Å². The molecular weight excluding hydrogens is 804 g/mol. The van der Waals surface area contributed by atoms with Gasteiger partial charge >= 0.3 is 0 Å². The van der Waals surface area contributed by atoms with Crippen LogP contribution in [0.3, 0.4) is 0 Å². The summed E-state index contributed by atoms with van der Waals surface area (Å²) in [7, 11) is 0. The molecule has 0 saturated carbocycles. The van der Waals surface area contributed by atoms with Gasteiger partial charge in [-0.25, -0.2) is 0 Å². The summed E-state index contributed by atoms with van der Waals surface area (Å²) in [6.45, 7) is 2.28. The van der Waals surface area contributed by atoms with Gasteiger partial charge in [0.25, 0.3) is 0 Å². The molecule has 2 unspecified atom stereocenters. The first kappa shape index (κ1) is 34.1. The van der Waals surface area contributed by atoms with Crippen LogP contribution in [0.15, 0.2) is 209 Å². The van der Waals surface area contributed by atoms with Crippen LogP contribution in [0.1, 0.15) is 45.0 Å². The van der Waals surface area contributed by atoms with E-state index in [4.69, 9.17) is 0 Å². The fraction of sp³-hybridized carbons (Fsp3) is 0.0741. The van der Waals surface area contributed by atoms with Crippen LogP contribution in [0.25, 0.3) is 33.8 Å². The van der Waals surface area contributed by atoms with Gasteiger partial charge in [-0.05, 0) is 117 Å². The monoisotopic (exact) mass is 842 g/mol. The highest BCUT2D eigenvalue weighted by Gasteiger charge is 2.46. The Morgan fingerprint density at radius 1 is 0.614 bits per heavy atom. The molecule has 2 atom stereocenters. The van der Waals surface area contributed by atoms with Crippen molar-refractivity contribution in [3.05, 3.63) is 248 Å². The average Bonchev–Trinajstić information content (AvgIpc) is 3.87. The maximum atomic E-state index is 2.57. The molecular formula is C54H39IN2. The second-order valence-electron chi connectivity index (χ2n) is 15.4. The van der Waals surface area contributed by atoms with Gasteiger partial charge in [0.15, 0.2) is 0 Å². The predicted octanol–water partition coefficient (Wildman–Crippen LogP) is 13.9. The summed E-state index contributed by atoms with van der Waals surface area (Å²) in [5.41, 5.74) is 17.4. The van der Waals surface area contributed by atoms with E-state index in [0.717, 1.165) is 5.69 Å². The molecule has 1 aromatic heterocycles. The summed E-state index contributed by atoms with van der Waals surface area (Å²) in [5.74, 6) is 0.309. The number of para-hydroxylation sites is 3.